The number of nitrogens with one attached hydrogen (secondary N) is 2. The third kappa shape index (κ3) is 3.80. The van der Waals surface area contributed by atoms with Crippen LogP contribution in [0.4, 0.5) is 0 Å². The van der Waals surface area contributed by atoms with E-state index in [1.165, 1.54) is 0 Å². The van der Waals surface area contributed by atoms with Gasteiger partial charge in [-0.2, -0.15) is 0 Å². The fraction of sp³-hybridized carbons (Fsp3) is 0.909. The molecule has 2 N–H and O–H groups in total. The smallest absolute Gasteiger partial charge is 0.219 e. The number of rotatable bonds is 4. The molecule has 0 atom stereocenters. The Bertz CT molecular complexity index is 216. The van der Waals surface area contributed by atoms with Crippen LogP contribution < -0.4 is 10.6 Å². The van der Waals surface area contributed by atoms with E-state index in [1.807, 2.05) is 0 Å². The third-order valence-corrected chi connectivity index (χ3v) is 3.08. The monoisotopic (exact) mass is 213 g/mol. The van der Waals surface area contributed by atoms with Gasteiger partial charge >= 0.3 is 0 Å². The van der Waals surface area contributed by atoms with Gasteiger partial charge in [0.1, 0.15) is 0 Å². The van der Waals surface area contributed by atoms with Crippen LogP contribution >= 0.6 is 0 Å². The predicted molar refractivity (Wildman–Crippen MR) is 61.8 cm³/mol. The Hall–Kier alpha value is -0.610. The summed E-state index contributed by atoms with van der Waals surface area (Å²) in [7, 11) is 1.69. The molecule has 0 bridgehead atoms. The standard InChI is InChI=1S/C11H23N3O/c1-11(2)9-13-6-8-14(11)7-4-5-10(15)12-3/h13H,4-9H2,1-3H3,(H,12,15). The Kier molecular flexibility index (Phi) is 4.54. The molecule has 0 aromatic heterocycles. The topological polar surface area (TPSA) is 44.4 Å². The SMILES string of the molecule is CNC(=O)CCCN1CCNCC1(C)C. The molecule has 0 spiro atoms. The van der Waals surface area contributed by atoms with Crippen molar-refractivity contribution in [2.45, 2.75) is 32.2 Å². The molecule has 0 saturated carbocycles. The highest BCUT2D eigenvalue weighted by atomic mass is 16.1. The van der Waals surface area contributed by atoms with E-state index >= 15 is 0 Å². The lowest BCUT2D eigenvalue weighted by Gasteiger charge is -2.42. The first-order chi connectivity index (χ1) is 7.06. The lowest BCUT2D eigenvalue weighted by atomic mass is 10.00. The van der Waals surface area contributed by atoms with Crippen LogP contribution in [0.15, 0.2) is 0 Å². The second-order valence-electron chi connectivity index (χ2n) is 4.75. The van der Waals surface area contributed by atoms with E-state index in [0.29, 0.717) is 6.42 Å². The van der Waals surface area contributed by atoms with Crippen LogP contribution in [0.5, 0.6) is 0 Å². The molecule has 4 heteroatoms. The minimum atomic E-state index is 0.142. The van der Waals surface area contributed by atoms with Gasteiger partial charge in [0.05, 0.1) is 0 Å². The van der Waals surface area contributed by atoms with Crippen molar-refractivity contribution >= 4 is 5.91 Å². The van der Waals surface area contributed by atoms with Gasteiger partial charge in [-0.05, 0) is 26.8 Å². The second kappa shape index (κ2) is 5.47. The number of carbonyl (C=O) groups is 1. The summed E-state index contributed by atoms with van der Waals surface area (Å²) in [5, 5.41) is 6.05. The van der Waals surface area contributed by atoms with Crippen molar-refractivity contribution in [2.24, 2.45) is 0 Å². The first kappa shape index (κ1) is 12.5. The van der Waals surface area contributed by atoms with Gasteiger partial charge in [-0.15, -0.1) is 0 Å². The van der Waals surface area contributed by atoms with E-state index in [0.717, 1.165) is 32.6 Å². The second-order valence-corrected chi connectivity index (χ2v) is 4.75. The predicted octanol–water partition coefficient (Wildman–Crippen LogP) is 0.196. The van der Waals surface area contributed by atoms with Crippen molar-refractivity contribution in [3.05, 3.63) is 0 Å². The maximum atomic E-state index is 11.1. The first-order valence-electron chi connectivity index (χ1n) is 5.72. The summed E-state index contributed by atoms with van der Waals surface area (Å²) in [5.41, 5.74) is 0.223. The lowest BCUT2D eigenvalue weighted by molar-refractivity contribution is -0.120. The summed E-state index contributed by atoms with van der Waals surface area (Å²) in [6.45, 7) is 8.69. The van der Waals surface area contributed by atoms with Crippen molar-refractivity contribution in [1.82, 2.24) is 15.5 Å². The largest absolute Gasteiger partial charge is 0.359 e. The van der Waals surface area contributed by atoms with E-state index in [1.54, 1.807) is 7.05 Å². The van der Waals surface area contributed by atoms with Crippen molar-refractivity contribution < 1.29 is 4.79 Å². The molecule has 1 saturated heterocycles. The normalized spacial score (nSPS) is 21.3. The molecule has 0 unspecified atom stereocenters. The molecule has 0 aliphatic carbocycles. The van der Waals surface area contributed by atoms with Crippen LogP contribution in [-0.2, 0) is 4.79 Å². The molecule has 15 heavy (non-hydrogen) atoms. The minimum Gasteiger partial charge on any atom is -0.359 e. The summed E-state index contributed by atoms with van der Waals surface area (Å²) >= 11 is 0. The lowest BCUT2D eigenvalue weighted by Crippen LogP contribution is -2.58. The zero-order chi connectivity index (χ0) is 11.3. The molecule has 0 aromatic carbocycles. The zero-order valence-electron chi connectivity index (χ0n) is 10.1. The summed E-state index contributed by atoms with van der Waals surface area (Å²) in [5.74, 6) is 0.142. The van der Waals surface area contributed by atoms with Crippen LogP contribution in [0.1, 0.15) is 26.7 Å². The van der Waals surface area contributed by atoms with Crippen LogP contribution in [-0.4, -0.2) is 49.6 Å². The molecule has 0 radical (unpaired) electrons. The molecule has 1 aliphatic heterocycles. The number of hydrogen-bond donors (Lipinski definition) is 2. The van der Waals surface area contributed by atoms with Crippen LogP contribution in [0.3, 0.4) is 0 Å². The van der Waals surface area contributed by atoms with Gasteiger partial charge in [0.25, 0.3) is 0 Å². The fourth-order valence-corrected chi connectivity index (χ4v) is 1.99. The maximum absolute atomic E-state index is 11.1. The van der Waals surface area contributed by atoms with Crippen molar-refractivity contribution in [3.8, 4) is 0 Å². The zero-order valence-corrected chi connectivity index (χ0v) is 10.1. The van der Waals surface area contributed by atoms with Crippen molar-refractivity contribution in [3.63, 3.8) is 0 Å². The highest BCUT2D eigenvalue weighted by Crippen LogP contribution is 2.16. The molecule has 1 heterocycles. The van der Waals surface area contributed by atoms with Crippen LogP contribution in [0, 0.1) is 0 Å². The van der Waals surface area contributed by atoms with Gasteiger partial charge in [-0.1, -0.05) is 0 Å². The summed E-state index contributed by atoms with van der Waals surface area (Å²) in [4.78, 5) is 13.5. The molecule has 88 valence electrons. The summed E-state index contributed by atoms with van der Waals surface area (Å²) in [6.07, 6.45) is 1.58. The van der Waals surface area contributed by atoms with Gasteiger partial charge in [0.2, 0.25) is 5.91 Å². The molecular weight excluding hydrogens is 190 g/mol. The van der Waals surface area contributed by atoms with E-state index in [-0.39, 0.29) is 11.4 Å². The molecule has 1 rings (SSSR count). The Morgan fingerprint density at radius 1 is 1.53 bits per heavy atom. The average Bonchev–Trinajstić information content (AvgIpc) is 2.20. The maximum Gasteiger partial charge on any atom is 0.219 e. The number of carbonyl (C=O) groups excluding carboxylic acids is 1. The van der Waals surface area contributed by atoms with Gasteiger partial charge in [0, 0.05) is 38.6 Å². The van der Waals surface area contributed by atoms with Crippen LogP contribution in [0.25, 0.3) is 0 Å². The molecular formula is C11H23N3O. The molecule has 1 aliphatic rings. The van der Waals surface area contributed by atoms with E-state index in [2.05, 4.69) is 29.4 Å². The van der Waals surface area contributed by atoms with Crippen molar-refractivity contribution in [1.29, 1.82) is 0 Å². The fourth-order valence-electron chi connectivity index (χ4n) is 1.99. The molecule has 1 amide bonds. The van der Waals surface area contributed by atoms with Gasteiger partial charge < -0.3 is 10.6 Å². The quantitative estimate of drug-likeness (QED) is 0.701. The van der Waals surface area contributed by atoms with E-state index in [4.69, 9.17) is 0 Å². The van der Waals surface area contributed by atoms with Gasteiger partial charge in [-0.25, -0.2) is 0 Å². The van der Waals surface area contributed by atoms with Crippen LogP contribution in [0.2, 0.25) is 0 Å². The molecule has 0 aromatic rings. The van der Waals surface area contributed by atoms with E-state index < -0.39 is 0 Å². The number of nitrogens with zero attached hydrogens (tertiary/aromatic N) is 1. The first-order valence-corrected chi connectivity index (χ1v) is 5.72. The molecule has 1 fully saturated rings. The Balaban J connectivity index is 2.27. The number of amides is 1. The number of hydrogen-bond acceptors (Lipinski definition) is 3. The average molecular weight is 213 g/mol. The van der Waals surface area contributed by atoms with Gasteiger partial charge in [-0.3, -0.25) is 9.69 Å². The van der Waals surface area contributed by atoms with Crippen molar-refractivity contribution in [2.75, 3.05) is 33.2 Å². The minimum absolute atomic E-state index is 0.142. The van der Waals surface area contributed by atoms with Gasteiger partial charge in [0.15, 0.2) is 0 Å². The number of piperazine rings is 1. The highest BCUT2D eigenvalue weighted by Gasteiger charge is 2.28. The Labute approximate surface area is 92.4 Å². The van der Waals surface area contributed by atoms with E-state index in [9.17, 15) is 4.79 Å². The Morgan fingerprint density at radius 2 is 2.27 bits per heavy atom. The highest BCUT2D eigenvalue weighted by molar-refractivity contribution is 5.75. The summed E-state index contributed by atoms with van der Waals surface area (Å²) in [6, 6.07) is 0. The molecule has 4 nitrogen and oxygen atoms in total. The summed E-state index contributed by atoms with van der Waals surface area (Å²) < 4.78 is 0. The Morgan fingerprint density at radius 3 is 2.87 bits per heavy atom. The third-order valence-electron chi connectivity index (χ3n) is 3.08.